The minimum absolute atomic E-state index is 0.285. The summed E-state index contributed by atoms with van der Waals surface area (Å²) in [4.78, 5) is 39.8. The molecule has 8 nitrogen and oxygen atoms in total. The number of para-hydroxylation sites is 1. The van der Waals surface area contributed by atoms with Gasteiger partial charge in [-0.1, -0.05) is 30.3 Å². The molecule has 1 atom stereocenters. The number of benzene rings is 3. The molecule has 0 heterocycles. The Labute approximate surface area is 198 Å². The average molecular weight is 461 g/mol. The first-order valence-electron chi connectivity index (χ1n) is 10.8. The maximum Gasteiger partial charge on any atom is 0.319 e. The van der Waals surface area contributed by atoms with Gasteiger partial charge in [0.25, 0.3) is 0 Å². The maximum absolute atomic E-state index is 13.1. The summed E-state index contributed by atoms with van der Waals surface area (Å²) in [6.45, 7) is 3.27. The van der Waals surface area contributed by atoms with Crippen LogP contribution in [0, 0.1) is 6.92 Å². The molecule has 34 heavy (non-hydrogen) atoms. The van der Waals surface area contributed by atoms with Crippen LogP contribution in [0.1, 0.15) is 12.5 Å². The number of hydrogen-bond acceptors (Lipinski definition) is 4. The molecule has 0 aromatic heterocycles. The van der Waals surface area contributed by atoms with Crippen molar-refractivity contribution in [1.82, 2.24) is 5.32 Å². The number of hydrogen-bond donors (Lipinski definition) is 3. The molecule has 0 saturated carbocycles. The van der Waals surface area contributed by atoms with Crippen molar-refractivity contribution in [2.45, 2.75) is 19.9 Å². The number of rotatable bonds is 8. The van der Waals surface area contributed by atoms with Gasteiger partial charge in [-0.25, -0.2) is 4.79 Å². The standard InChI is InChI=1S/C26H28N4O4/c1-18-8-7-9-21(16-18)29-26(33)27-17-24(31)30(22-10-5-4-6-11-22)19(2)25(32)28-20-12-14-23(34-3)15-13-20/h4-16,19H,17H2,1-3H3,(H,28,32)(H2,27,29,33). The molecular weight excluding hydrogens is 432 g/mol. The number of urea groups is 1. The molecule has 3 aromatic rings. The van der Waals surface area contributed by atoms with Gasteiger partial charge in [0.15, 0.2) is 0 Å². The number of ether oxygens (including phenoxy) is 1. The molecule has 0 spiro atoms. The number of anilines is 3. The van der Waals surface area contributed by atoms with Crippen LogP contribution in [0.2, 0.25) is 0 Å². The van der Waals surface area contributed by atoms with Crippen LogP contribution < -0.4 is 25.6 Å². The monoisotopic (exact) mass is 460 g/mol. The lowest BCUT2D eigenvalue weighted by Gasteiger charge is -2.28. The third-order valence-electron chi connectivity index (χ3n) is 5.10. The van der Waals surface area contributed by atoms with Gasteiger partial charge in [-0.05, 0) is 67.9 Å². The zero-order valence-electron chi connectivity index (χ0n) is 19.4. The second-order valence-corrected chi connectivity index (χ2v) is 7.67. The molecule has 8 heteroatoms. The first-order chi connectivity index (χ1) is 16.4. The summed E-state index contributed by atoms with van der Waals surface area (Å²) in [6.07, 6.45) is 0. The molecule has 176 valence electrons. The van der Waals surface area contributed by atoms with Crippen molar-refractivity contribution in [2.24, 2.45) is 0 Å². The molecule has 1 unspecified atom stereocenters. The van der Waals surface area contributed by atoms with E-state index in [9.17, 15) is 14.4 Å². The normalized spacial score (nSPS) is 11.1. The van der Waals surface area contributed by atoms with E-state index in [-0.39, 0.29) is 12.5 Å². The first kappa shape index (κ1) is 24.3. The van der Waals surface area contributed by atoms with E-state index >= 15 is 0 Å². The highest BCUT2D eigenvalue weighted by Crippen LogP contribution is 2.20. The van der Waals surface area contributed by atoms with Gasteiger partial charge >= 0.3 is 6.03 Å². The van der Waals surface area contributed by atoms with E-state index in [1.54, 1.807) is 68.6 Å². The zero-order chi connectivity index (χ0) is 24.5. The molecule has 0 aliphatic carbocycles. The van der Waals surface area contributed by atoms with Crippen LogP contribution in [0.4, 0.5) is 21.9 Å². The van der Waals surface area contributed by atoms with Gasteiger partial charge in [0.05, 0.1) is 13.7 Å². The van der Waals surface area contributed by atoms with Gasteiger partial charge in [-0.15, -0.1) is 0 Å². The topological polar surface area (TPSA) is 99.8 Å². The van der Waals surface area contributed by atoms with Crippen LogP contribution in [0.3, 0.4) is 0 Å². The van der Waals surface area contributed by atoms with Gasteiger partial charge in [-0.3, -0.25) is 14.5 Å². The van der Waals surface area contributed by atoms with E-state index in [0.717, 1.165) is 5.56 Å². The summed E-state index contributed by atoms with van der Waals surface area (Å²) >= 11 is 0. The Hall–Kier alpha value is -4.33. The van der Waals surface area contributed by atoms with E-state index in [4.69, 9.17) is 4.74 Å². The second kappa shape index (κ2) is 11.5. The van der Waals surface area contributed by atoms with Crippen LogP contribution >= 0.6 is 0 Å². The van der Waals surface area contributed by atoms with Crippen molar-refractivity contribution in [3.8, 4) is 5.75 Å². The number of carbonyl (C=O) groups excluding carboxylic acids is 3. The smallest absolute Gasteiger partial charge is 0.319 e. The van der Waals surface area contributed by atoms with Crippen LogP contribution in [0.15, 0.2) is 78.9 Å². The summed E-state index contributed by atoms with van der Waals surface area (Å²) in [6, 6.07) is 21.7. The summed E-state index contributed by atoms with van der Waals surface area (Å²) in [5, 5.41) is 8.08. The highest BCUT2D eigenvalue weighted by molar-refractivity contribution is 6.06. The van der Waals surface area contributed by atoms with Crippen molar-refractivity contribution >= 4 is 34.9 Å². The molecule has 0 saturated heterocycles. The highest BCUT2D eigenvalue weighted by atomic mass is 16.5. The van der Waals surface area contributed by atoms with E-state index < -0.39 is 18.0 Å². The van der Waals surface area contributed by atoms with Gasteiger partial charge in [0, 0.05) is 17.1 Å². The third kappa shape index (κ3) is 6.59. The van der Waals surface area contributed by atoms with Crippen LogP contribution in [-0.4, -0.2) is 37.5 Å². The molecule has 0 radical (unpaired) electrons. The third-order valence-corrected chi connectivity index (χ3v) is 5.10. The molecule has 3 aromatic carbocycles. The lowest BCUT2D eigenvalue weighted by Crippen LogP contribution is -2.50. The Bertz CT molecular complexity index is 1130. The van der Waals surface area contributed by atoms with Gasteiger partial charge < -0.3 is 20.7 Å². The quantitative estimate of drug-likeness (QED) is 0.469. The van der Waals surface area contributed by atoms with E-state index in [1.165, 1.54) is 4.90 Å². The van der Waals surface area contributed by atoms with Gasteiger partial charge in [-0.2, -0.15) is 0 Å². The van der Waals surface area contributed by atoms with Crippen molar-refractivity contribution in [1.29, 1.82) is 0 Å². The predicted octanol–water partition coefficient (Wildman–Crippen LogP) is 4.19. The van der Waals surface area contributed by atoms with Crippen molar-refractivity contribution in [3.05, 3.63) is 84.4 Å². The largest absolute Gasteiger partial charge is 0.497 e. The number of amides is 4. The minimum Gasteiger partial charge on any atom is -0.497 e. The summed E-state index contributed by atoms with van der Waals surface area (Å²) in [7, 11) is 1.56. The minimum atomic E-state index is -0.835. The maximum atomic E-state index is 13.1. The van der Waals surface area contributed by atoms with Crippen molar-refractivity contribution in [3.63, 3.8) is 0 Å². The number of nitrogens with one attached hydrogen (secondary N) is 3. The summed E-state index contributed by atoms with van der Waals surface area (Å²) in [5.74, 6) is -0.128. The molecule has 0 bridgehead atoms. The fourth-order valence-corrected chi connectivity index (χ4v) is 3.35. The van der Waals surface area contributed by atoms with E-state index in [1.807, 2.05) is 31.2 Å². The molecule has 3 rings (SSSR count). The Morgan fingerprint density at radius 1 is 0.882 bits per heavy atom. The van der Waals surface area contributed by atoms with Crippen molar-refractivity contribution < 1.29 is 19.1 Å². The number of carbonyl (C=O) groups is 3. The molecule has 3 N–H and O–H groups in total. The average Bonchev–Trinajstić information content (AvgIpc) is 2.84. The molecule has 0 fully saturated rings. The highest BCUT2D eigenvalue weighted by Gasteiger charge is 2.27. The Morgan fingerprint density at radius 3 is 2.24 bits per heavy atom. The number of aryl methyl sites for hydroxylation is 1. The van der Waals surface area contributed by atoms with Gasteiger partial charge in [0.1, 0.15) is 11.8 Å². The first-order valence-corrected chi connectivity index (χ1v) is 10.8. The number of nitrogens with zero attached hydrogens (tertiary/aromatic N) is 1. The van der Waals surface area contributed by atoms with E-state index in [0.29, 0.717) is 22.8 Å². The predicted molar refractivity (Wildman–Crippen MR) is 133 cm³/mol. The SMILES string of the molecule is COc1ccc(NC(=O)C(C)N(C(=O)CNC(=O)Nc2cccc(C)c2)c2ccccc2)cc1. The molecular formula is C26H28N4O4. The van der Waals surface area contributed by atoms with Crippen LogP contribution in [0.5, 0.6) is 5.75 Å². The summed E-state index contributed by atoms with van der Waals surface area (Å²) < 4.78 is 5.13. The Balaban J connectivity index is 1.68. The number of methoxy groups -OCH3 is 1. The molecule has 4 amide bonds. The Kier molecular flexibility index (Phi) is 8.23. The fourth-order valence-electron chi connectivity index (χ4n) is 3.35. The summed E-state index contributed by atoms with van der Waals surface area (Å²) in [5.41, 5.74) is 2.75. The van der Waals surface area contributed by atoms with Crippen LogP contribution in [-0.2, 0) is 9.59 Å². The fraction of sp³-hybridized carbons (Fsp3) is 0.192. The molecule has 0 aliphatic rings. The lowest BCUT2D eigenvalue weighted by atomic mass is 10.2. The Morgan fingerprint density at radius 2 is 1.59 bits per heavy atom. The lowest BCUT2D eigenvalue weighted by molar-refractivity contribution is -0.122. The van der Waals surface area contributed by atoms with Crippen molar-refractivity contribution in [2.75, 3.05) is 29.2 Å². The second-order valence-electron chi connectivity index (χ2n) is 7.67. The van der Waals surface area contributed by atoms with E-state index in [2.05, 4.69) is 16.0 Å². The zero-order valence-corrected chi connectivity index (χ0v) is 19.4. The van der Waals surface area contributed by atoms with Gasteiger partial charge in [0.2, 0.25) is 11.8 Å². The molecule has 0 aliphatic heterocycles. The van der Waals surface area contributed by atoms with Crippen LogP contribution in [0.25, 0.3) is 0 Å².